The molecule has 10 heteroatoms. The van der Waals surface area contributed by atoms with Crippen molar-refractivity contribution in [3.05, 3.63) is 34.7 Å². The van der Waals surface area contributed by atoms with Crippen LogP contribution < -0.4 is 11.1 Å². The van der Waals surface area contributed by atoms with Gasteiger partial charge in [0.2, 0.25) is 5.91 Å². The minimum atomic E-state index is -1.54. The summed E-state index contributed by atoms with van der Waals surface area (Å²) in [6.07, 6.45) is 0.675. The predicted octanol–water partition coefficient (Wildman–Crippen LogP) is 2.99. The topological polar surface area (TPSA) is 118 Å². The lowest BCUT2D eigenvalue weighted by Crippen LogP contribution is -2.68. The fourth-order valence-electron chi connectivity index (χ4n) is 4.18. The Balaban J connectivity index is 1.94. The van der Waals surface area contributed by atoms with Crippen LogP contribution in [0.1, 0.15) is 50.5 Å². The van der Waals surface area contributed by atoms with Crippen molar-refractivity contribution >= 4 is 40.3 Å². The Bertz CT molecular complexity index is 1090. The molecule has 0 radical (unpaired) electrons. The number of ether oxygens (including phenoxy) is 1. The van der Waals surface area contributed by atoms with Gasteiger partial charge in [-0.15, -0.1) is 0 Å². The maximum Gasteiger partial charge on any atom is 0.334 e. The highest BCUT2D eigenvalue weighted by molar-refractivity contribution is 6.31. The van der Waals surface area contributed by atoms with E-state index in [9.17, 15) is 18.8 Å². The Labute approximate surface area is 197 Å². The van der Waals surface area contributed by atoms with Crippen LogP contribution in [0.3, 0.4) is 0 Å². The van der Waals surface area contributed by atoms with E-state index in [4.69, 9.17) is 22.1 Å². The molecule has 180 valence electrons. The smallest absolute Gasteiger partial charge is 0.334 e. The van der Waals surface area contributed by atoms with Gasteiger partial charge >= 0.3 is 5.97 Å². The maximum atomic E-state index is 14.3. The largest absolute Gasteiger partial charge is 0.458 e. The zero-order valence-electron chi connectivity index (χ0n) is 19.4. The highest BCUT2D eigenvalue weighted by atomic mass is 35.5. The highest BCUT2D eigenvalue weighted by Crippen LogP contribution is 2.35. The van der Waals surface area contributed by atoms with E-state index in [0.29, 0.717) is 11.9 Å². The van der Waals surface area contributed by atoms with Gasteiger partial charge in [-0.2, -0.15) is 0 Å². The first-order chi connectivity index (χ1) is 15.2. The number of fused-ring (bicyclic) bond motifs is 1. The van der Waals surface area contributed by atoms with Crippen molar-refractivity contribution in [1.82, 2.24) is 15.2 Å². The second kappa shape index (κ2) is 8.95. The molecular formula is C23H30ClFN4O4. The van der Waals surface area contributed by atoms with Crippen molar-refractivity contribution in [3.63, 3.8) is 0 Å². The molecule has 4 N–H and O–H groups in total. The number of amides is 2. The molecule has 1 aliphatic rings. The molecule has 0 bridgehead atoms. The minimum absolute atomic E-state index is 0.0489. The van der Waals surface area contributed by atoms with Crippen LogP contribution in [0.4, 0.5) is 4.39 Å². The number of hydrogen-bond acceptors (Lipinski definition) is 5. The fraction of sp³-hybridized carbons (Fsp3) is 0.522. The van der Waals surface area contributed by atoms with Crippen LogP contribution in [0.5, 0.6) is 0 Å². The summed E-state index contributed by atoms with van der Waals surface area (Å²) < 4.78 is 19.9. The van der Waals surface area contributed by atoms with E-state index in [1.165, 1.54) is 17.0 Å². The first kappa shape index (κ1) is 25.0. The van der Waals surface area contributed by atoms with Gasteiger partial charge in [-0.25, -0.2) is 9.18 Å². The lowest BCUT2D eigenvalue weighted by atomic mass is 9.72. The van der Waals surface area contributed by atoms with E-state index in [2.05, 4.69) is 10.3 Å². The van der Waals surface area contributed by atoms with Gasteiger partial charge in [0, 0.05) is 36.5 Å². The van der Waals surface area contributed by atoms with E-state index < -0.39 is 34.9 Å². The molecule has 3 rings (SSSR count). The Morgan fingerprint density at radius 1 is 1.27 bits per heavy atom. The molecule has 1 aromatic heterocycles. The third-order valence-corrected chi connectivity index (χ3v) is 6.06. The minimum Gasteiger partial charge on any atom is -0.458 e. The highest BCUT2D eigenvalue weighted by Gasteiger charge is 2.52. The van der Waals surface area contributed by atoms with Gasteiger partial charge in [-0.05, 0) is 58.2 Å². The van der Waals surface area contributed by atoms with Crippen LogP contribution in [0.15, 0.2) is 18.2 Å². The van der Waals surface area contributed by atoms with Gasteiger partial charge in [-0.1, -0.05) is 11.6 Å². The molecule has 1 heterocycles. The summed E-state index contributed by atoms with van der Waals surface area (Å²) in [5.74, 6) is -2.34. The number of nitrogens with zero attached hydrogens (tertiary/aromatic N) is 1. The lowest BCUT2D eigenvalue weighted by Gasteiger charge is -2.44. The number of nitrogens with two attached hydrogens (primary N) is 1. The van der Waals surface area contributed by atoms with Crippen molar-refractivity contribution in [2.24, 2.45) is 11.7 Å². The molecule has 0 saturated heterocycles. The van der Waals surface area contributed by atoms with Crippen molar-refractivity contribution < 1.29 is 23.5 Å². The summed E-state index contributed by atoms with van der Waals surface area (Å²) >= 11 is 5.90. The zero-order valence-corrected chi connectivity index (χ0v) is 20.2. The van der Waals surface area contributed by atoms with E-state index >= 15 is 0 Å². The molecule has 3 unspecified atom stereocenters. The third kappa shape index (κ3) is 5.14. The van der Waals surface area contributed by atoms with Crippen LogP contribution in [-0.2, 0) is 14.3 Å². The second-order valence-corrected chi connectivity index (χ2v) is 10.2. The molecule has 1 fully saturated rings. The number of carbonyl (C=O) groups is 3. The number of esters is 1. The fourth-order valence-corrected chi connectivity index (χ4v) is 4.39. The molecule has 0 aliphatic heterocycles. The van der Waals surface area contributed by atoms with Crippen LogP contribution >= 0.6 is 11.6 Å². The average Bonchev–Trinajstić information content (AvgIpc) is 3.12. The Morgan fingerprint density at radius 3 is 2.52 bits per heavy atom. The number of aromatic amines is 1. The van der Waals surface area contributed by atoms with Crippen molar-refractivity contribution in [1.29, 1.82) is 0 Å². The lowest BCUT2D eigenvalue weighted by molar-refractivity contribution is -0.166. The van der Waals surface area contributed by atoms with Gasteiger partial charge in [0.05, 0.1) is 5.52 Å². The Kier molecular flexibility index (Phi) is 6.77. The first-order valence-corrected chi connectivity index (χ1v) is 11.1. The van der Waals surface area contributed by atoms with E-state index in [0.717, 1.165) is 6.07 Å². The number of rotatable bonds is 4. The molecule has 2 aromatic rings. The van der Waals surface area contributed by atoms with Gasteiger partial charge in [-0.3, -0.25) is 9.59 Å². The monoisotopic (exact) mass is 480 g/mol. The zero-order chi connectivity index (χ0) is 24.7. The number of carbonyl (C=O) groups excluding carboxylic acids is 3. The Morgan fingerprint density at radius 2 is 1.94 bits per heavy atom. The van der Waals surface area contributed by atoms with Crippen molar-refractivity contribution in [3.8, 4) is 0 Å². The van der Waals surface area contributed by atoms with Gasteiger partial charge < -0.3 is 25.7 Å². The number of benzene rings is 1. The quantitative estimate of drug-likeness (QED) is 0.581. The molecule has 1 saturated carbocycles. The molecular weight excluding hydrogens is 451 g/mol. The first-order valence-electron chi connectivity index (χ1n) is 10.7. The summed E-state index contributed by atoms with van der Waals surface area (Å²) in [6.45, 7) is 5.16. The molecule has 3 atom stereocenters. The summed E-state index contributed by atoms with van der Waals surface area (Å²) in [5.41, 5.74) is 4.48. The molecule has 2 amide bonds. The second-order valence-electron chi connectivity index (χ2n) is 9.77. The predicted molar refractivity (Wildman–Crippen MR) is 123 cm³/mol. The van der Waals surface area contributed by atoms with Crippen molar-refractivity contribution in [2.45, 2.75) is 57.2 Å². The van der Waals surface area contributed by atoms with Crippen LogP contribution in [0.25, 0.3) is 10.9 Å². The summed E-state index contributed by atoms with van der Waals surface area (Å²) in [5, 5.41) is 3.13. The third-order valence-electron chi connectivity index (χ3n) is 5.85. The molecule has 1 aliphatic carbocycles. The molecule has 1 aromatic carbocycles. The molecule has 33 heavy (non-hydrogen) atoms. The SMILES string of the molecule is CN(C)C(=O)C1CCC(NC(=O)c2cc3c(F)cc(Cl)cc3[nH]2)(C(=O)OC(C)(C)C)C(N)C1. The number of halogens is 2. The standard InChI is InChI=1S/C23H30ClFN4O4/c1-22(2,3)33-21(32)23(7-6-12(8-18(23)26)20(31)29(4)5)28-19(30)17-11-14-15(25)9-13(24)10-16(14)27-17/h9-12,18,27H,6-8,26H2,1-5H3,(H,28,30). The van der Waals surface area contributed by atoms with Crippen LogP contribution in [0.2, 0.25) is 5.02 Å². The Hall–Kier alpha value is -2.65. The van der Waals surface area contributed by atoms with E-state index in [1.54, 1.807) is 34.9 Å². The number of H-pyrrole nitrogens is 1. The van der Waals surface area contributed by atoms with Crippen LogP contribution in [-0.4, -0.2) is 58.9 Å². The molecule has 8 nitrogen and oxygen atoms in total. The number of hydrogen-bond donors (Lipinski definition) is 3. The van der Waals surface area contributed by atoms with Gasteiger partial charge in [0.1, 0.15) is 17.1 Å². The van der Waals surface area contributed by atoms with Crippen molar-refractivity contribution in [2.75, 3.05) is 14.1 Å². The summed E-state index contributed by atoms with van der Waals surface area (Å²) in [4.78, 5) is 43.3. The maximum absolute atomic E-state index is 14.3. The summed E-state index contributed by atoms with van der Waals surface area (Å²) in [7, 11) is 3.32. The van der Waals surface area contributed by atoms with Crippen LogP contribution in [0, 0.1) is 11.7 Å². The summed E-state index contributed by atoms with van der Waals surface area (Å²) in [6, 6.07) is 3.14. The normalized spacial score (nSPS) is 23.3. The van der Waals surface area contributed by atoms with Gasteiger partial charge in [0.15, 0.2) is 5.54 Å². The number of aromatic nitrogens is 1. The molecule has 0 spiro atoms. The average molecular weight is 481 g/mol. The van der Waals surface area contributed by atoms with Gasteiger partial charge in [0.25, 0.3) is 5.91 Å². The van der Waals surface area contributed by atoms with E-state index in [1.807, 2.05) is 0 Å². The van der Waals surface area contributed by atoms with E-state index in [-0.39, 0.29) is 40.8 Å². The number of nitrogens with one attached hydrogen (secondary N) is 2.